The molecular formula is C24H32FN5O3S2. The molecule has 1 aromatic carbocycles. The molecule has 3 atom stereocenters. The number of fused-ring (bicyclic) bond motifs is 1. The van der Waals surface area contributed by atoms with Gasteiger partial charge in [0.1, 0.15) is 18.0 Å². The number of urea groups is 1. The van der Waals surface area contributed by atoms with Gasteiger partial charge in [0.2, 0.25) is 11.8 Å². The summed E-state index contributed by atoms with van der Waals surface area (Å²) in [5, 5.41) is 8.64. The number of allylic oxidation sites excluding steroid dienone is 1. The maximum absolute atomic E-state index is 13.5. The summed E-state index contributed by atoms with van der Waals surface area (Å²) < 4.78 is 13.2. The minimum absolute atomic E-state index is 0.0217. The number of hydrazine groups is 1. The average molecular weight is 522 g/mol. The van der Waals surface area contributed by atoms with Crippen LogP contribution in [-0.4, -0.2) is 93.8 Å². The van der Waals surface area contributed by atoms with E-state index in [0.717, 1.165) is 24.2 Å². The number of carbonyl (C=O) groups is 3. The Morgan fingerprint density at radius 2 is 2.00 bits per heavy atom. The molecule has 4 amide bonds. The largest absolute Gasteiger partial charge is 0.337 e. The van der Waals surface area contributed by atoms with Gasteiger partial charge in [-0.1, -0.05) is 18.2 Å². The zero-order chi connectivity index (χ0) is 24.9. The smallest absolute Gasteiger partial charge is 0.334 e. The van der Waals surface area contributed by atoms with E-state index in [-0.39, 0.29) is 43.3 Å². The fourth-order valence-corrected chi connectivity index (χ4v) is 6.16. The van der Waals surface area contributed by atoms with E-state index >= 15 is 0 Å². The van der Waals surface area contributed by atoms with Gasteiger partial charge in [0.25, 0.3) is 0 Å². The summed E-state index contributed by atoms with van der Waals surface area (Å²) in [5.41, 5.74) is 0.772. The number of rotatable bonds is 8. The minimum atomic E-state index is -0.579. The van der Waals surface area contributed by atoms with Gasteiger partial charge in [0.15, 0.2) is 0 Å². The van der Waals surface area contributed by atoms with Gasteiger partial charge in [-0.25, -0.2) is 19.2 Å². The second-order valence-electron chi connectivity index (χ2n) is 8.96. The number of hydrogen-bond acceptors (Lipinski definition) is 6. The van der Waals surface area contributed by atoms with Crippen LogP contribution >= 0.6 is 23.5 Å². The molecular weight excluding hydrogens is 489 g/mol. The van der Waals surface area contributed by atoms with E-state index in [1.807, 2.05) is 11.2 Å². The first-order valence-electron chi connectivity index (χ1n) is 11.8. The van der Waals surface area contributed by atoms with E-state index in [9.17, 15) is 18.8 Å². The van der Waals surface area contributed by atoms with E-state index in [2.05, 4.69) is 16.8 Å². The Kier molecular flexibility index (Phi) is 8.61. The first-order valence-corrected chi connectivity index (χ1v) is 14.1. The zero-order valence-corrected chi connectivity index (χ0v) is 21.7. The highest BCUT2D eigenvalue weighted by Gasteiger charge is 2.50. The van der Waals surface area contributed by atoms with Gasteiger partial charge in [0, 0.05) is 25.4 Å². The second kappa shape index (κ2) is 11.7. The van der Waals surface area contributed by atoms with Crippen LogP contribution in [0.1, 0.15) is 24.8 Å². The third-order valence-corrected chi connectivity index (χ3v) is 8.39. The Labute approximate surface area is 214 Å². The normalized spacial score (nSPS) is 24.8. The summed E-state index contributed by atoms with van der Waals surface area (Å²) in [6.07, 6.45) is 5.97. The molecule has 1 unspecified atom stereocenters. The van der Waals surface area contributed by atoms with Crippen molar-refractivity contribution in [1.82, 2.24) is 25.1 Å². The number of benzene rings is 1. The van der Waals surface area contributed by atoms with Crippen LogP contribution in [0.4, 0.5) is 9.18 Å². The van der Waals surface area contributed by atoms with Crippen LogP contribution < -0.4 is 5.32 Å². The van der Waals surface area contributed by atoms with E-state index in [0.29, 0.717) is 18.2 Å². The number of carbonyl (C=O) groups excluding carboxylic acids is 3. The Morgan fingerprint density at radius 1 is 1.23 bits per heavy atom. The van der Waals surface area contributed by atoms with Gasteiger partial charge < -0.3 is 15.1 Å². The summed E-state index contributed by atoms with van der Waals surface area (Å²) in [6.45, 7) is 1.13. The highest BCUT2D eigenvalue weighted by molar-refractivity contribution is 8.03. The third-order valence-electron chi connectivity index (χ3n) is 6.59. The summed E-state index contributed by atoms with van der Waals surface area (Å²) in [6, 6.07) is 5.03. The van der Waals surface area contributed by atoms with Gasteiger partial charge in [0.05, 0.1) is 13.1 Å². The van der Waals surface area contributed by atoms with Crippen molar-refractivity contribution in [2.45, 2.75) is 43.3 Å². The first-order chi connectivity index (χ1) is 16.9. The van der Waals surface area contributed by atoms with E-state index < -0.39 is 12.2 Å². The summed E-state index contributed by atoms with van der Waals surface area (Å²) in [7, 11) is 1.71. The number of piperazine rings is 1. The van der Waals surface area contributed by atoms with Crippen molar-refractivity contribution in [1.29, 1.82) is 0 Å². The maximum atomic E-state index is 13.5. The van der Waals surface area contributed by atoms with Gasteiger partial charge in [-0.05, 0) is 54.4 Å². The Hall–Kier alpha value is -2.24. The lowest BCUT2D eigenvalue weighted by molar-refractivity contribution is -0.187. The fraction of sp³-hybridized carbons (Fsp3) is 0.542. The van der Waals surface area contributed by atoms with Crippen LogP contribution in [0.3, 0.4) is 0 Å². The van der Waals surface area contributed by atoms with Crippen molar-refractivity contribution >= 4 is 41.4 Å². The van der Waals surface area contributed by atoms with Crippen LogP contribution in [0.5, 0.6) is 0 Å². The summed E-state index contributed by atoms with van der Waals surface area (Å²) in [5.74, 6) is 0.237. The number of nitrogens with one attached hydrogen (secondary N) is 1. The molecule has 3 aliphatic heterocycles. The number of amides is 4. The highest BCUT2D eigenvalue weighted by atomic mass is 32.2. The van der Waals surface area contributed by atoms with E-state index in [4.69, 9.17) is 0 Å². The molecule has 0 spiro atoms. The van der Waals surface area contributed by atoms with E-state index in [1.165, 1.54) is 12.1 Å². The molecule has 4 rings (SSSR count). The lowest BCUT2D eigenvalue weighted by atomic mass is 10.0. The molecule has 0 saturated carbocycles. The molecule has 0 aromatic heterocycles. The number of nitrogens with zero attached hydrogens (tertiary/aromatic N) is 4. The Bertz CT molecular complexity index is 955. The lowest BCUT2D eigenvalue weighted by Crippen LogP contribution is -2.76. The predicted molar refractivity (Wildman–Crippen MR) is 137 cm³/mol. The number of halogens is 1. The lowest BCUT2D eigenvalue weighted by Gasteiger charge is -2.54. The number of likely N-dealkylation sites (N-methyl/N-ethyl adjacent to an activating group) is 1. The quantitative estimate of drug-likeness (QED) is 0.567. The fourth-order valence-electron chi connectivity index (χ4n) is 4.79. The average Bonchev–Trinajstić information content (AvgIpc) is 3.36. The van der Waals surface area contributed by atoms with Crippen molar-refractivity contribution in [2.75, 3.05) is 38.7 Å². The standard InChI is InChI=1S/C24H32FN5O3S2/c1-27-16-22(31)29-20(10-13-34-2)23(32)28(11-9-19-4-3-12-35-19)15-21(29)30(27)24(33)26-14-17-5-7-18(25)8-6-17/h3,5-8,12,19-21H,4,9-11,13-16H2,1-2H3,(H,26,33)/t19?,20-,21-/m0/s1. The summed E-state index contributed by atoms with van der Waals surface area (Å²) >= 11 is 3.43. The van der Waals surface area contributed by atoms with Crippen LogP contribution in [-0.2, 0) is 16.1 Å². The predicted octanol–water partition coefficient (Wildman–Crippen LogP) is 2.73. The molecule has 190 valence electrons. The monoisotopic (exact) mass is 521 g/mol. The van der Waals surface area contributed by atoms with Crippen molar-refractivity contribution in [3.05, 3.63) is 47.1 Å². The molecule has 3 heterocycles. The van der Waals surface area contributed by atoms with Crippen LogP contribution in [0.15, 0.2) is 35.7 Å². The first kappa shape index (κ1) is 25.8. The molecule has 11 heteroatoms. The van der Waals surface area contributed by atoms with Gasteiger partial charge >= 0.3 is 6.03 Å². The van der Waals surface area contributed by atoms with Crippen LogP contribution in [0.25, 0.3) is 0 Å². The van der Waals surface area contributed by atoms with Gasteiger partial charge in [-0.2, -0.15) is 11.8 Å². The number of hydrogen-bond donors (Lipinski definition) is 1. The van der Waals surface area contributed by atoms with Crippen molar-refractivity contribution in [3.8, 4) is 0 Å². The van der Waals surface area contributed by atoms with Gasteiger partial charge in [-0.3, -0.25) is 9.59 Å². The molecule has 1 N–H and O–H groups in total. The molecule has 8 nitrogen and oxygen atoms in total. The van der Waals surface area contributed by atoms with Crippen molar-refractivity contribution in [3.63, 3.8) is 0 Å². The van der Waals surface area contributed by atoms with Crippen molar-refractivity contribution < 1.29 is 18.8 Å². The van der Waals surface area contributed by atoms with Crippen molar-refractivity contribution in [2.24, 2.45) is 0 Å². The maximum Gasteiger partial charge on any atom is 0.334 e. The SMILES string of the molecule is CSCC[C@H]1C(=O)N(CCC2CC=CS2)C[C@H]2N1C(=O)CN(C)N2C(=O)NCc1ccc(F)cc1. The molecule has 0 radical (unpaired) electrons. The van der Waals surface area contributed by atoms with Crippen LogP contribution in [0, 0.1) is 5.82 Å². The van der Waals surface area contributed by atoms with E-state index in [1.54, 1.807) is 57.6 Å². The molecule has 1 aromatic rings. The zero-order valence-electron chi connectivity index (χ0n) is 20.1. The second-order valence-corrected chi connectivity index (χ2v) is 11.2. The highest BCUT2D eigenvalue weighted by Crippen LogP contribution is 2.30. The van der Waals surface area contributed by atoms with Crippen LogP contribution in [0.2, 0.25) is 0 Å². The minimum Gasteiger partial charge on any atom is -0.337 e. The third kappa shape index (κ3) is 5.95. The topological polar surface area (TPSA) is 76.2 Å². The molecule has 2 saturated heterocycles. The Morgan fingerprint density at radius 3 is 2.69 bits per heavy atom. The molecule has 35 heavy (non-hydrogen) atoms. The summed E-state index contributed by atoms with van der Waals surface area (Å²) in [4.78, 5) is 43.4. The molecule has 2 fully saturated rings. The number of thioether (sulfide) groups is 2. The molecule has 0 aliphatic carbocycles. The Balaban J connectivity index is 1.52. The molecule has 0 bridgehead atoms. The molecule has 3 aliphatic rings. The van der Waals surface area contributed by atoms with Gasteiger partial charge in [-0.15, -0.1) is 11.8 Å².